The van der Waals surface area contributed by atoms with Crippen molar-refractivity contribution in [3.8, 4) is 0 Å². The summed E-state index contributed by atoms with van der Waals surface area (Å²) in [5, 5.41) is 2.98. The molecule has 0 radical (unpaired) electrons. The molecule has 16 heavy (non-hydrogen) atoms. The first-order chi connectivity index (χ1) is 7.84. The third kappa shape index (κ3) is 3.31. The summed E-state index contributed by atoms with van der Waals surface area (Å²) in [6.45, 7) is 1.45. The Kier molecular flexibility index (Phi) is 3.88. The van der Waals surface area contributed by atoms with E-state index in [9.17, 15) is 4.79 Å². The van der Waals surface area contributed by atoms with Gasteiger partial charge in [-0.25, -0.2) is 0 Å². The highest BCUT2D eigenvalue weighted by atomic mass is 16.5. The maximum Gasteiger partial charge on any atom is 0.224 e. The van der Waals surface area contributed by atoms with Crippen LogP contribution in [0.4, 0.5) is 0 Å². The molecule has 1 unspecified atom stereocenters. The van der Waals surface area contributed by atoms with Crippen molar-refractivity contribution >= 4 is 5.91 Å². The van der Waals surface area contributed by atoms with Crippen LogP contribution in [0.1, 0.15) is 18.4 Å². The van der Waals surface area contributed by atoms with Gasteiger partial charge in [0.05, 0.1) is 19.1 Å². The van der Waals surface area contributed by atoms with E-state index in [4.69, 9.17) is 4.74 Å². The Bertz CT molecular complexity index is 334. The van der Waals surface area contributed by atoms with Crippen LogP contribution in [0.3, 0.4) is 0 Å². The molecule has 0 saturated carbocycles. The van der Waals surface area contributed by atoms with Crippen molar-refractivity contribution in [3.63, 3.8) is 0 Å². The molecule has 0 aliphatic carbocycles. The zero-order valence-electron chi connectivity index (χ0n) is 9.19. The van der Waals surface area contributed by atoms with E-state index in [0.717, 1.165) is 25.0 Å². The molecule has 0 spiro atoms. The van der Waals surface area contributed by atoms with Gasteiger partial charge in [0.15, 0.2) is 0 Å². The SMILES string of the molecule is O=C(Cc1cccnc1)NC1CCCOC1. The standard InChI is InChI=1S/C12H16N2O2/c15-12(7-10-3-1-5-13-8-10)14-11-4-2-6-16-9-11/h1,3,5,8,11H,2,4,6-7,9H2,(H,14,15). The van der Waals surface area contributed by atoms with Gasteiger partial charge in [0, 0.05) is 19.0 Å². The fourth-order valence-electron chi connectivity index (χ4n) is 1.82. The second-order valence-electron chi connectivity index (χ2n) is 4.02. The number of pyridine rings is 1. The maximum atomic E-state index is 11.7. The van der Waals surface area contributed by atoms with Crippen LogP contribution in [0, 0.1) is 0 Å². The van der Waals surface area contributed by atoms with E-state index in [1.54, 1.807) is 12.4 Å². The fraction of sp³-hybridized carbons (Fsp3) is 0.500. The lowest BCUT2D eigenvalue weighted by molar-refractivity contribution is -0.122. The molecule has 1 aliphatic heterocycles. The molecule has 4 nitrogen and oxygen atoms in total. The van der Waals surface area contributed by atoms with Crippen molar-refractivity contribution in [2.45, 2.75) is 25.3 Å². The minimum Gasteiger partial charge on any atom is -0.379 e. The normalized spacial score (nSPS) is 20.4. The molecule has 1 fully saturated rings. The van der Waals surface area contributed by atoms with Gasteiger partial charge in [-0.05, 0) is 24.5 Å². The summed E-state index contributed by atoms with van der Waals surface area (Å²) in [4.78, 5) is 15.7. The lowest BCUT2D eigenvalue weighted by Crippen LogP contribution is -2.41. The van der Waals surface area contributed by atoms with Crippen molar-refractivity contribution in [1.82, 2.24) is 10.3 Å². The number of rotatable bonds is 3. The van der Waals surface area contributed by atoms with Crippen LogP contribution in [-0.4, -0.2) is 30.1 Å². The first-order valence-electron chi connectivity index (χ1n) is 5.60. The van der Waals surface area contributed by atoms with Crippen molar-refractivity contribution in [2.24, 2.45) is 0 Å². The number of nitrogens with zero attached hydrogens (tertiary/aromatic N) is 1. The van der Waals surface area contributed by atoms with Crippen LogP contribution in [0.5, 0.6) is 0 Å². The number of aromatic nitrogens is 1. The van der Waals surface area contributed by atoms with Gasteiger partial charge in [-0.1, -0.05) is 6.07 Å². The highest BCUT2D eigenvalue weighted by Gasteiger charge is 2.15. The first kappa shape index (κ1) is 11.1. The van der Waals surface area contributed by atoms with Crippen LogP contribution >= 0.6 is 0 Å². The maximum absolute atomic E-state index is 11.7. The summed E-state index contributed by atoms with van der Waals surface area (Å²) in [5.74, 6) is 0.0449. The van der Waals surface area contributed by atoms with Crippen LogP contribution in [-0.2, 0) is 16.0 Å². The van der Waals surface area contributed by atoms with E-state index in [1.807, 2.05) is 12.1 Å². The average molecular weight is 220 g/mol. The highest BCUT2D eigenvalue weighted by Crippen LogP contribution is 2.06. The molecule has 0 bridgehead atoms. The predicted octanol–water partition coefficient (Wildman–Crippen LogP) is 0.919. The molecule has 1 aliphatic rings. The number of carbonyl (C=O) groups excluding carboxylic acids is 1. The Balaban J connectivity index is 1.80. The molecule has 1 amide bonds. The first-order valence-corrected chi connectivity index (χ1v) is 5.60. The summed E-state index contributed by atoms with van der Waals surface area (Å²) in [5.41, 5.74) is 0.941. The van der Waals surface area contributed by atoms with Crippen LogP contribution in [0.15, 0.2) is 24.5 Å². The van der Waals surface area contributed by atoms with Gasteiger partial charge in [0.1, 0.15) is 0 Å². The molecule has 1 atom stereocenters. The van der Waals surface area contributed by atoms with Crippen LogP contribution in [0.2, 0.25) is 0 Å². The molecular weight excluding hydrogens is 204 g/mol. The number of hydrogen-bond donors (Lipinski definition) is 1. The molecule has 1 N–H and O–H groups in total. The fourth-order valence-corrected chi connectivity index (χ4v) is 1.82. The van der Waals surface area contributed by atoms with E-state index in [-0.39, 0.29) is 11.9 Å². The zero-order chi connectivity index (χ0) is 11.2. The molecule has 4 heteroatoms. The molecule has 86 valence electrons. The average Bonchev–Trinajstić information content (AvgIpc) is 2.31. The van der Waals surface area contributed by atoms with E-state index < -0.39 is 0 Å². The molecular formula is C12H16N2O2. The van der Waals surface area contributed by atoms with Crippen LogP contribution in [0.25, 0.3) is 0 Å². The lowest BCUT2D eigenvalue weighted by atomic mass is 10.1. The predicted molar refractivity (Wildman–Crippen MR) is 59.9 cm³/mol. The summed E-state index contributed by atoms with van der Waals surface area (Å²) in [6.07, 6.45) is 5.86. The molecule has 1 saturated heterocycles. The number of carbonyl (C=O) groups is 1. The van der Waals surface area contributed by atoms with Gasteiger partial charge in [-0.3, -0.25) is 9.78 Å². The summed E-state index contributed by atoms with van der Waals surface area (Å²) >= 11 is 0. The highest BCUT2D eigenvalue weighted by molar-refractivity contribution is 5.78. The Hall–Kier alpha value is -1.42. The third-order valence-electron chi connectivity index (χ3n) is 2.61. The Morgan fingerprint density at radius 2 is 2.56 bits per heavy atom. The summed E-state index contributed by atoms with van der Waals surface area (Å²) < 4.78 is 5.31. The van der Waals surface area contributed by atoms with Crippen molar-refractivity contribution < 1.29 is 9.53 Å². The van der Waals surface area contributed by atoms with Crippen molar-refractivity contribution in [2.75, 3.05) is 13.2 Å². The molecule has 0 aromatic carbocycles. The summed E-state index contributed by atoms with van der Waals surface area (Å²) in [6, 6.07) is 3.92. The zero-order valence-corrected chi connectivity index (χ0v) is 9.19. The van der Waals surface area contributed by atoms with Gasteiger partial charge < -0.3 is 10.1 Å². The monoisotopic (exact) mass is 220 g/mol. The van der Waals surface area contributed by atoms with E-state index >= 15 is 0 Å². The van der Waals surface area contributed by atoms with Gasteiger partial charge in [-0.2, -0.15) is 0 Å². The Labute approximate surface area is 95.0 Å². The number of hydrogen-bond acceptors (Lipinski definition) is 3. The molecule has 1 aromatic heterocycles. The quantitative estimate of drug-likeness (QED) is 0.824. The van der Waals surface area contributed by atoms with Gasteiger partial charge >= 0.3 is 0 Å². The Morgan fingerprint density at radius 1 is 1.62 bits per heavy atom. The van der Waals surface area contributed by atoms with Gasteiger partial charge in [-0.15, -0.1) is 0 Å². The lowest BCUT2D eigenvalue weighted by Gasteiger charge is -2.23. The number of ether oxygens (including phenoxy) is 1. The largest absolute Gasteiger partial charge is 0.379 e. The van der Waals surface area contributed by atoms with Crippen molar-refractivity contribution in [1.29, 1.82) is 0 Å². The minimum atomic E-state index is 0.0449. The number of nitrogens with one attached hydrogen (secondary N) is 1. The van der Waals surface area contributed by atoms with E-state index in [0.29, 0.717) is 13.0 Å². The van der Waals surface area contributed by atoms with E-state index in [2.05, 4.69) is 10.3 Å². The van der Waals surface area contributed by atoms with Crippen LogP contribution < -0.4 is 5.32 Å². The molecule has 1 aromatic rings. The van der Waals surface area contributed by atoms with Crippen molar-refractivity contribution in [3.05, 3.63) is 30.1 Å². The smallest absolute Gasteiger partial charge is 0.224 e. The van der Waals surface area contributed by atoms with E-state index in [1.165, 1.54) is 0 Å². The minimum absolute atomic E-state index is 0.0449. The topological polar surface area (TPSA) is 51.2 Å². The third-order valence-corrected chi connectivity index (χ3v) is 2.61. The Morgan fingerprint density at radius 3 is 3.25 bits per heavy atom. The molecule has 2 heterocycles. The second kappa shape index (κ2) is 5.61. The van der Waals surface area contributed by atoms with Gasteiger partial charge in [0.25, 0.3) is 0 Å². The summed E-state index contributed by atoms with van der Waals surface area (Å²) in [7, 11) is 0. The van der Waals surface area contributed by atoms with Gasteiger partial charge in [0.2, 0.25) is 5.91 Å². The second-order valence-corrected chi connectivity index (χ2v) is 4.02. The molecule has 2 rings (SSSR count). The number of amides is 1.